The first-order valence-electron chi connectivity index (χ1n) is 5.02. The van der Waals surface area contributed by atoms with E-state index in [9.17, 15) is 4.79 Å². The van der Waals surface area contributed by atoms with E-state index in [-0.39, 0.29) is 11.9 Å². The van der Waals surface area contributed by atoms with Crippen LogP contribution in [0.5, 0.6) is 0 Å². The first-order valence-corrected chi connectivity index (χ1v) is 5.02. The van der Waals surface area contributed by atoms with Crippen molar-refractivity contribution in [2.75, 3.05) is 17.6 Å². The summed E-state index contributed by atoms with van der Waals surface area (Å²) in [5.74, 6) is 0.0347. The number of carbonyl (C=O) groups is 1. The number of rotatable bonds is 2. The highest BCUT2D eigenvalue weighted by molar-refractivity contribution is 5.80. The number of nitrogens with zero attached hydrogens (tertiary/aromatic N) is 1. The molecular weight excluding hydrogens is 204 g/mol. The predicted octanol–water partition coefficient (Wildman–Crippen LogP) is 0.441. The summed E-state index contributed by atoms with van der Waals surface area (Å²) in [6.07, 6.45) is 0.441. The highest BCUT2D eigenvalue weighted by atomic mass is 16.1. The van der Waals surface area contributed by atoms with E-state index in [0.717, 1.165) is 0 Å². The van der Waals surface area contributed by atoms with Crippen molar-refractivity contribution in [1.82, 2.24) is 5.32 Å². The van der Waals surface area contributed by atoms with E-state index in [4.69, 9.17) is 11.0 Å². The topological polar surface area (TPSA) is 90.9 Å². The zero-order valence-electron chi connectivity index (χ0n) is 8.66. The van der Waals surface area contributed by atoms with Crippen LogP contribution in [0, 0.1) is 11.3 Å². The molecule has 82 valence electrons. The van der Waals surface area contributed by atoms with E-state index in [0.29, 0.717) is 29.9 Å². The number of nitriles is 1. The Labute approximate surface area is 93.2 Å². The molecule has 1 aliphatic rings. The van der Waals surface area contributed by atoms with Crippen LogP contribution in [0.15, 0.2) is 18.2 Å². The second-order valence-corrected chi connectivity index (χ2v) is 3.76. The van der Waals surface area contributed by atoms with Gasteiger partial charge in [-0.25, -0.2) is 0 Å². The van der Waals surface area contributed by atoms with Gasteiger partial charge in [0.05, 0.1) is 29.0 Å². The molecule has 0 aliphatic carbocycles. The fraction of sp³-hybridized carbons (Fsp3) is 0.273. The average molecular weight is 216 g/mol. The average Bonchev–Trinajstić information content (AvgIpc) is 2.67. The molecule has 1 amide bonds. The highest BCUT2D eigenvalue weighted by Crippen LogP contribution is 2.21. The SMILES string of the molecule is N#Cc1ccc(N)c(NC2CNC(=O)C2)c1. The molecule has 16 heavy (non-hydrogen) atoms. The first kappa shape index (κ1) is 10.3. The summed E-state index contributed by atoms with van der Waals surface area (Å²) in [7, 11) is 0. The Bertz CT molecular complexity index is 464. The van der Waals surface area contributed by atoms with Crippen LogP contribution in [-0.4, -0.2) is 18.5 Å². The number of nitrogen functional groups attached to an aromatic ring is 1. The Balaban J connectivity index is 2.14. The van der Waals surface area contributed by atoms with E-state index in [1.807, 2.05) is 0 Å². The fourth-order valence-corrected chi connectivity index (χ4v) is 1.68. The molecule has 1 aromatic rings. The maximum Gasteiger partial charge on any atom is 0.222 e. The fourth-order valence-electron chi connectivity index (χ4n) is 1.68. The van der Waals surface area contributed by atoms with E-state index < -0.39 is 0 Å². The number of hydrogen-bond donors (Lipinski definition) is 3. The molecular formula is C11H12N4O. The van der Waals surface area contributed by atoms with Gasteiger partial charge in [0.15, 0.2) is 0 Å². The van der Waals surface area contributed by atoms with E-state index in [1.54, 1.807) is 18.2 Å². The molecule has 4 N–H and O–H groups in total. The number of nitrogens with two attached hydrogens (primary N) is 1. The van der Waals surface area contributed by atoms with Crippen LogP contribution < -0.4 is 16.4 Å². The number of benzene rings is 1. The summed E-state index contributed by atoms with van der Waals surface area (Å²) in [5, 5.41) is 14.7. The normalized spacial score (nSPS) is 18.9. The lowest BCUT2D eigenvalue weighted by molar-refractivity contribution is -0.119. The van der Waals surface area contributed by atoms with Crippen LogP contribution in [0.2, 0.25) is 0 Å². The van der Waals surface area contributed by atoms with Gasteiger partial charge in [0.1, 0.15) is 0 Å². The predicted molar refractivity (Wildman–Crippen MR) is 60.6 cm³/mol. The minimum Gasteiger partial charge on any atom is -0.397 e. The number of hydrogen-bond acceptors (Lipinski definition) is 4. The van der Waals surface area contributed by atoms with Crippen molar-refractivity contribution in [3.8, 4) is 6.07 Å². The van der Waals surface area contributed by atoms with Crippen LogP contribution in [-0.2, 0) is 4.79 Å². The van der Waals surface area contributed by atoms with Gasteiger partial charge in [0, 0.05) is 13.0 Å². The van der Waals surface area contributed by atoms with Crippen molar-refractivity contribution in [3.05, 3.63) is 23.8 Å². The van der Waals surface area contributed by atoms with E-state index in [2.05, 4.69) is 16.7 Å². The molecule has 2 rings (SSSR count). The van der Waals surface area contributed by atoms with E-state index in [1.165, 1.54) is 0 Å². The highest BCUT2D eigenvalue weighted by Gasteiger charge is 2.21. The molecule has 0 aromatic heterocycles. The third-order valence-corrected chi connectivity index (χ3v) is 2.52. The Morgan fingerprint density at radius 2 is 2.38 bits per heavy atom. The zero-order valence-corrected chi connectivity index (χ0v) is 8.66. The number of carbonyl (C=O) groups excluding carboxylic acids is 1. The van der Waals surface area contributed by atoms with Gasteiger partial charge in [-0.3, -0.25) is 4.79 Å². The Morgan fingerprint density at radius 1 is 1.56 bits per heavy atom. The quantitative estimate of drug-likeness (QED) is 0.625. The van der Waals surface area contributed by atoms with Gasteiger partial charge in [-0.1, -0.05) is 0 Å². The number of anilines is 2. The second-order valence-electron chi connectivity index (χ2n) is 3.76. The number of amides is 1. The molecule has 0 saturated carbocycles. The Kier molecular flexibility index (Phi) is 2.64. The zero-order chi connectivity index (χ0) is 11.5. The summed E-state index contributed by atoms with van der Waals surface area (Å²) >= 11 is 0. The lowest BCUT2D eigenvalue weighted by Crippen LogP contribution is -2.22. The molecule has 1 heterocycles. The van der Waals surface area contributed by atoms with Gasteiger partial charge < -0.3 is 16.4 Å². The maximum atomic E-state index is 11.0. The molecule has 1 fully saturated rings. The Hall–Kier alpha value is -2.22. The maximum absolute atomic E-state index is 11.0. The van der Waals surface area contributed by atoms with Crippen molar-refractivity contribution in [3.63, 3.8) is 0 Å². The van der Waals surface area contributed by atoms with Crippen LogP contribution in [0.25, 0.3) is 0 Å². The summed E-state index contributed by atoms with van der Waals surface area (Å²) in [6.45, 7) is 0.592. The number of nitrogens with one attached hydrogen (secondary N) is 2. The molecule has 5 nitrogen and oxygen atoms in total. The van der Waals surface area contributed by atoms with Gasteiger partial charge in [-0.15, -0.1) is 0 Å². The summed E-state index contributed by atoms with van der Waals surface area (Å²) in [6, 6.07) is 7.14. The van der Waals surface area contributed by atoms with Crippen molar-refractivity contribution in [1.29, 1.82) is 5.26 Å². The standard InChI is InChI=1S/C11H12N4O/c12-5-7-1-2-9(13)10(3-7)15-8-4-11(16)14-6-8/h1-3,8,15H,4,6,13H2,(H,14,16). The molecule has 0 bridgehead atoms. The van der Waals surface area contributed by atoms with Crippen LogP contribution in [0.1, 0.15) is 12.0 Å². The van der Waals surface area contributed by atoms with Crippen molar-refractivity contribution in [2.24, 2.45) is 0 Å². The van der Waals surface area contributed by atoms with Crippen LogP contribution >= 0.6 is 0 Å². The van der Waals surface area contributed by atoms with Gasteiger partial charge in [0.25, 0.3) is 0 Å². The van der Waals surface area contributed by atoms with Gasteiger partial charge in [-0.05, 0) is 18.2 Å². The third-order valence-electron chi connectivity index (χ3n) is 2.52. The molecule has 1 saturated heterocycles. The van der Waals surface area contributed by atoms with Crippen molar-refractivity contribution in [2.45, 2.75) is 12.5 Å². The minimum atomic E-state index is 0.0347. The third kappa shape index (κ3) is 2.06. The van der Waals surface area contributed by atoms with Gasteiger partial charge >= 0.3 is 0 Å². The molecule has 1 aliphatic heterocycles. The lowest BCUT2D eigenvalue weighted by atomic mass is 10.1. The van der Waals surface area contributed by atoms with Gasteiger partial charge in [0.2, 0.25) is 5.91 Å². The van der Waals surface area contributed by atoms with Crippen molar-refractivity contribution < 1.29 is 4.79 Å². The molecule has 1 aromatic carbocycles. The molecule has 1 unspecified atom stereocenters. The summed E-state index contributed by atoms with van der Waals surface area (Å²) in [5.41, 5.74) is 7.62. The van der Waals surface area contributed by atoms with Crippen molar-refractivity contribution >= 4 is 17.3 Å². The van der Waals surface area contributed by atoms with Crippen LogP contribution in [0.3, 0.4) is 0 Å². The lowest BCUT2D eigenvalue weighted by Gasteiger charge is -2.14. The monoisotopic (exact) mass is 216 g/mol. The summed E-state index contributed by atoms with van der Waals surface area (Å²) in [4.78, 5) is 11.0. The van der Waals surface area contributed by atoms with E-state index >= 15 is 0 Å². The molecule has 5 heteroatoms. The van der Waals surface area contributed by atoms with Crippen LogP contribution in [0.4, 0.5) is 11.4 Å². The van der Waals surface area contributed by atoms with Gasteiger partial charge in [-0.2, -0.15) is 5.26 Å². The smallest absolute Gasteiger partial charge is 0.222 e. The summed E-state index contributed by atoms with van der Waals surface area (Å²) < 4.78 is 0. The largest absolute Gasteiger partial charge is 0.397 e. The molecule has 0 radical (unpaired) electrons. The molecule has 1 atom stereocenters. The molecule has 0 spiro atoms. The minimum absolute atomic E-state index is 0.0347. The second kappa shape index (κ2) is 4.11. The Morgan fingerprint density at radius 3 is 3.00 bits per heavy atom. The first-order chi connectivity index (χ1) is 7.69.